The number of ether oxygens (including phenoxy) is 1. The minimum Gasteiger partial charge on any atom is -0.478 e. The lowest BCUT2D eigenvalue weighted by Crippen LogP contribution is -2.30. The summed E-state index contributed by atoms with van der Waals surface area (Å²) in [4.78, 5) is 23.3. The molecule has 1 amide bonds. The van der Waals surface area contributed by atoms with Gasteiger partial charge in [0.15, 0.2) is 0 Å². The van der Waals surface area contributed by atoms with Crippen LogP contribution in [0.2, 0.25) is 0 Å². The molecule has 2 unspecified atom stereocenters. The predicted octanol–water partition coefficient (Wildman–Crippen LogP) is 3.85. The average molecular weight is 465 g/mol. The highest BCUT2D eigenvalue weighted by Crippen LogP contribution is 2.44. The Morgan fingerprint density at radius 3 is 2.21 bits per heavy atom. The van der Waals surface area contributed by atoms with Gasteiger partial charge in [-0.25, -0.2) is 14.0 Å². The number of aliphatic hydroxyl groups is 2. The number of amides is 1. The molecule has 0 aliphatic heterocycles. The van der Waals surface area contributed by atoms with Gasteiger partial charge in [0.25, 0.3) is 0 Å². The molecule has 3 aromatic rings. The standard InChI is InChI=1S/C26H24FNO6/c27-17-12-15(11-16(13-17)25(31)32)24(30)23(29)9-10-28-26(33)34-14-22-20-7-3-1-5-18(20)19-6-2-4-8-21(19)22/h1-8,11-13,22-24,29-30H,9-10,14H2,(H,28,33)(H,31,32). The Labute approximate surface area is 195 Å². The van der Waals surface area contributed by atoms with E-state index in [0.29, 0.717) is 0 Å². The van der Waals surface area contributed by atoms with Crippen LogP contribution >= 0.6 is 0 Å². The van der Waals surface area contributed by atoms with E-state index in [1.807, 2.05) is 48.5 Å². The molecule has 176 valence electrons. The molecule has 8 heteroatoms. The molecule has 0 radical (unpaired) electrons. The van der Waals surface area contributed by atoms with E-state index in [-0.39, 0.29) is 36.6 Å². The lowest BCUT2D eigenvalue weighted by Gasteiger charge is -2.19. The molecule has 4 rings (SSSR count). The van der Waals surface area contributed by atoms with E-state index in [9.17, 15) is 24.2 Å². The molecule has 0 saturated carbocycles. The number of benzene rings is 3. The number of fused-ring (bicyclic) bond motifs is 3. The zero-order chi connectivity index (χ0) is 24.2. The van der Waals surface area contributed by atoms with Crippen molar-refractivity contribution in [3.63, 3.8) is 0 Å². The number of hydrogen-bond acceptors (Lipinski definition) is 5. The summed E-state index contributed by atoms with van der Waals surface area (Å²) in [6, 6.07) is 18.8. The number of aromatic carboxylic acids is 1. The summed E-state index contributed by atoms with van der Waals surface area (Å²) >= 11 is 0. The number of carboxylic acids is 1. The number of carboxylic acid groups (broad SMARTS) is 1. The van der Waals surface area contributed by atoms with Crippen LogP contribution in [-0.4, -0.2) is 46.6 Å². The highest BCUT2D eigenvalue weighted by Gasteiger charge is 2.29. The number of halogens is 1. The summed E-state index contributed by atoms with van der Waals surface area (Å²) < 4.78 is 19.1. The Balaban J connectivity index is 1.29. The maximum Gasteiger partial charge on any atom is 0.407 e. The highest BCUT2D eigenvalue weighted by molar-refractivity contribution is 5.87. The third-order valence-electron chi connectivity index (χ3n) is 5.93. The second-order valence-electron chi connectivity index (χ2n) is 8.13. The Hall–Kier alpha value is -3.75. The van der Waals surface area contributed by atoms with Crippen molar-refractivity contribution < 1.29 is 34.0 Å². The van der Waals surface area contributed by atoms with E-state index in [1.54, 1.807) is 0 Å². The molecule has 0 heterocycles. The number of aliphatic hydroxyl groups excluding tert-OH is 2. The van der Waals surface area contributed by atoms with Gasteiger partial charge < -0.3 is 25.4 Å². The smallest absolute Gasteiger partial charge is 0.407 e. The largest absolute Gasteiger partial charge is 0.478 e. The molecule has 1 aliphatic rings. The minimum atomic E-state index is -1.52. The zero-order valence-electron chi connectivity index (χ0n) is 18.1. The number of carbonyl (C=O) groups excluding carboxylic acids is 1. The second kappa shape index (κ2) is 10.0. The minimum absolute atomic E-state index is 0.00396. The van der Waals surface area contributed by atoms with Gasteiger partial charge in [0.05, 0.1) is 11.7 Å². The Kier molecular flexibility index (Phi) is 6.90. The molecular formula is C26H24FNO6. The average Bonchev–Trinajstić information content (AvgIpc) is 3.15. The third-order valence-corrected chi connectivity index (χ3v) is 5.93. The number of rotatable bonds is 8. The highest BCUT2D eigenvalue weighted by atomic mass is 19.1. The zero-order valence-corrected chi connectivity index (χ0v) is 18.1. The van der Waals surface area contributed by atoms with Crippen molar-refractivity contribution in [2.75, 3.05) is 13.2 Å². The first kappa shape index (κ1) is 23.4. The number of carbonyl (C=O) groups is 2. The van der Waals surface area contributed by atoms with E-state index >= 15 is 0 Å². The summed E-state index contributed by atoms with van der Waals surface area (Å²) in [5, 5.41) is 32.0. The predicted molar refractivity (Wildman–Crippen MR) is 122 cm³/mol. The van der Waals surface area contributed by atoms with Gasteiger partial charge in [-0.3, -0.25) is 0 Å². The summed E-state index contributed by atoms with van der Waals surface area (Å²) in [7, 11) is 0. The quantitative estimate of drug-likeness (QED) is 0.402. The van der Waals surface area contributed by atoms with Crippen LogP contribution in [0, 0.1) is 5.82 Å². The summed E-state index contributed by atoms with van der Waals surface area (Å²) in [5.41, 5.74) is 4.01. The van der Waals surface area contributed by atoms with Gasteiger partial charge in [-0.2, -0.15) is 0 Å². The fraction of sp³-hybridized carbons (Fsp3) is 0.231. The van der Waals surface area contributed by atoms with Crippen LogP contribution in [0.4, 0.5) is 9.18 Å². The molecule has 0 bridgehead atoms. The normalized spacial score (nSPS) is 14.1. The first-order chi connectivity index (χ1) is 16.3. The molecule has 7 nitrogen and oxygen atoms in total. The maximum atomic E-state index is 13.6. The van der Waals surface area contributed by atoms with E-state index < -0.39 is 30.1 Å². The number of nitrogens with one attached hydrogen (secondary N) is 1. The van der Waals surface area contributed by atoms with Crippen LogP contribution in [0.1, 0.15) is 45.5 Å². The van der Waals surface area contributed by atoms with Gasteiger partial charge in [0.1, 0.15) is 18.5 Å². The molecule has 0 spiro atoms. The van der Waals surface area contributed by atoms with Crippen molar-refractivity contribution in [1.29, 1.82) is 0 Å². The lowest BCUT2D eigenvalue weighted by atomic mass is 9.98. The number of alkyl carbamates (subject to hydrolysis) is 1. The summed E-state index contributed by atoms with van der Waals surface area (Å²) in [6.07, 6.45) is -3.58. The lowest BCUT2D eigenvalue weighted by molar-refractivity contribution is 0.0134. The van der Waals surface area contributed by atoms with Crippen LogP contribution in [0.5, 0.6) is 0 Å². The van der Waals surface area contributed by atoms with Crippen LogP contribution in [0.3, 0.4) is 0 Å². The van der Waals surface area contributed by atoms with Crippen LogP contribution < -0.4 is 5.32 Å². The van der Waals surface area contributed by atoms with Gasteiger partial charge in [-0.15, -0.1) is 0 Å². The van der Waals surface area contributed by atoms with Gasteiger partial charge in [-0.05, 0) is 52.4 Å². The molecule has 34 heavy (non-hydrogen) atoms. The van der Waals surface area contributed by atoms with E-state index in [4.69, 9.17) is 9.84 Å². The first-order valence-electron chi connectivity index (χ1n) is 10.8. The van der Waals surface area contributed by atoms with Crippen molar-refractivity contribution >= 4 is 12.1 Å². The monoisotopic (exact) mass is 465 g/mol. The fourth-order valence-electron chi connectivity index (χ4n) is 4.26. The Bertz CT molecular complexity index is 1170. The summed E-state index contributed by atoms with van der Waals surface area (Å²) in [5.74, 6) is -2.26. The number of hydrogen-bond donors (Lipinski definition) is 4. The molecule has 2 atom stereocenters. The van der Waals surface area contributed by atoms with Crippen molar-refractivity contribution in [1.82, 2.24) is 5.32 Å². The first-order valence-corrected chi connectivity index (χ1v) is 10.8. The Morgan fingerprint density at radius 1 is 0.971 bits per heavy atom. The Morgan fingerprint density at radius 2 is 1.59 bits per heavy atom. The maximum absolute atomic E-state index is 13.6. The fourth-order valence-corrected chi connectivity index (χ4v) is 4.26. The molecule has 0 aromatic heterocycles. The molecular weight excluding hydrogens is 441 g/mol. The van der Waals surface area contributed by atoms with Gasteiger partial charge >= 0.3 is 12.1 Å². The van der Waals surface area contributed by atoms with Gasteiger partial charge in [-0.1, -0.05) is 48.5 Å². The van der Waals surface area contributed by atoms with Crippen LogP contribution in [-0.2, 0) is 4.74 Å². The topological polar surface area (TPSA) is 116 Å². The van der Waals surface area contributed by atoms with Crippen molar-refractivity contribution in [3.8, 4) is 11.1 Å². The molecule has 0 fully saturated rings. The van der Waals surface area contributed by atoms with E-state index in [0.717, 1.165) is 40.5 Å². The van der Waals surface area contributed by atoms with E-state index in [1.165, 1.54) is 0 Å². The third kappa shape index (κ3) is 4.93. The van der Waals surface area contributed by atoms with E-state index in [2.05, 4.69) is 5.32 Å². The second-order valence-corrected chi connectivity index (χ2v) is 8.13. The van der Waals surface area contributed by atoms with Gasteiger partial charge in [0.2, 0.25) is 0 Å². The van der Waals surface area contributed by atoms with Crippen molar-refractivity contribution in [2.24, 2.45) is 0 Å². The molecule has 3 aromatic carbocycles. The van der Waals surface area contributed by atoms with Crippen LogP contribution in [0.15, 0.2) is 66.7 Å². The van der Waals surface area contributed by atoms with Crippen molar-refractivity contribution in [3.05, 3.63) is 94.8 Å². The molecule has 1 aliphatic carbocycles. The molecule has 4 N–H and O–H groups in total. The summed E-state index contributed by atoms with van der Waals surface area (Å²) in [6.45, 7) is 0.141. The van der Waals surface area contributed by atoms with Gasteiger partial charge in [0, 0.05) is 12.5 Å². The molecule has 0 saturated heterocycles. The van der Waals surface area contributed by atoms with Crippen LogP contribution in [0.25, 0.3) is 11.1 Å². The van der Waals surface area contributed by atoms with Crippen molar-refractivity contribution in [2.45, 2.75) is 24.5 Å². The SMILES string of the molecule is O=C(NCCC(O)C(O)c1cc(F)cc(C(=O)O)c1)OCC1c2ccccc2-c2ccccc21.